The summed E-state index contributed by atoms with van der Waals surface area (Å²) in [7, 11) is -0.907. The van der Waals surface area contributed by atoms with Crippen LogP contribution in [0.15, 0.2) is 29.4 Å². The zero-order valence-electron chi connectivity index (χ0n) is 16.9. The Morgan fingerprint density at radius 2 is 2.03 bits per heavy atom. The van der Waals surface area contributed by atoms with Crippen LogP contribution in [0.3, 0.4) is 0 Å². The summed E-state index contributed by atoms with van der Waals surface area (Å²) in [5, 5.41) is 13.2. The van der Waals surface area contributed by atoms with Crippen LogP contribution in [-0.2, 0) is 31.4 Å². The molecule has 0 aliphatic rings. The van der Waals surface area contributed by atoms with Crippen LogP contribution in [0.2, 0.25) is 0 Å². The van der Waals surface area contributed by atoms with Crippen molar-refractivity contribution in [2.24, 2.45) is 7.05 Å². The molecule has 13 nitrogen and oxygen atoms in total. The van der Waals surface area contributed by atoms with Gasteiger partial charge < -0.3 is 19.4 Å². The number of nitrogens with one attached hydrogen (secondary N) is 2. The number of nitro benzene ring substituents is 1. The van der Waals surface area contributed by atoms with Gasteiger partial charge in [0.25, 0.3) is 21.6 Å². The zero-order chi connectivity index (χ0) is 23.2. The number of aromatic nitrogens is 2. The maximum Gasteiger partial charge on any atom is 0.307 e. The van der Waals surface area contributed by atoms with Crippen LogP contribution in [0.4, 0.5) is 11.4 Å². The number of benzene rings is 1. The van der Waals surface area contributed by atoms with Gasteiger partial charge in [-0.2, -0.15) is 0 Å². The lowest BCUT2D eigenvalue weighted by atomic mass is 10.2. The quantitative estimate of drug-likeness (QED) is 0.294. The highest BCUT2D eigenvalue weighted by atomic mass is 32.2. The second kappa shape index (κ2) is 9.99. The van der Waals surface area contributed by atoms with E-state index in [0.717, 1.165) is 6.07 Å². The van der Waals surface area contributed by atoms with Gasteiger partial charge in [0.05, 0.1) is 24.5 Å². The number of carbonyl (C=O) groups is 2. The molecule has 0 fully saturated rings. The first-order chi connectivity index (χ1) is 14.5. The number of ether oxygens (including phenoxy) is 2. The van der Waals surface area contributed by atoms with Gasteiger partial charge in [-0.1, -0.05) is 0 Å². The second-order valence-electron chi connectivity index (χ2n) is 6.23. The number of sulfonamides is 1. The molecule has 14 heteroatoms. The van der Waals surface area contributed by atoms with Gasteiger partial charge in [0.15, 0.2) is 11.6 Å². The number of anilines is 1. The maximum atomic E-state index is 12.1. The Morgan fingerprint density at radius 1 is 1.32 bits per heavy atom. The molecular weight excluding hydrogens is 434 g/mol. The van der Waals surface area contributed by atoms with Crippen LogP contribution in [-0.4, -0.2) is 55.0 Å². The second-order valence-corrected chi connectivity index (χ2v) is 7.95. The lowest BCUT2D eigenvalue weighted by molar-refractivity contribution is -0.384. The molecule has 0 saturated carbocycles. The van der Waals surface area contributed by atoms with E-state index in [9.17, 15) is 28.1 Å². The highest BCUT2D eigenvalue weighted by Crippen LogP contribution is 2.28. The molecule has 168 valence electrons. The molecule has 1 amide bonds. The summed E-state index contributed by atoms with van der Waals surface area (Å²) in [5.74, 6) is -0.896. The molecule has 0 bridgehead atoms. The predicted molar refractivity (Wildman–Crippen MR) is 107 cm³/mol. The van der Waals surface area contributed by atoms with Crippen molar-refractivity contribution in [1.29, 1.82) is 0 Å². The molecule has 0 atom stereocenters. The molecule has 0 radical (unpaired) electrons. The van der Waals surface area contributed by atoms with Crippen molar-refractivity contribution < 1.29 is 32.4 Å². The average Bonchev–Trinajstić information content (AvgIpc) is 3.06. The molecule has 0 saturated heterocycles. The van der Waals surface area contributed by atoms with Gasteiger partial charge in [0.2, 0.25) is 0 Å². The number of methoxy groups -OCH3 is 1. The average molecular weight is 455 g/mol. The first kappa shape index (κ1) is 23.8. The van der Waals surface area contributed by atoms with Gasteiger partial charge in [-0.3, -0.25) is 19.7 Å². The normalized spacial score (nSPS) is 11.1. The molecule has 31 heavy (non-hydrogen) atoms. The summed E-state index contributed by atoms with van der Waals surface area (Å²) in [6, 6.07) is 3.84. The fourth-order valence-electron chi connectivity index (χ4n) is 2.32. The lowest BCUT2D eigenvalue weighted by Gasteiger charge is -2.08. The fraction of sp³-hybridized carbons (Fsp3) is 0.353. The number of rotatable bonds is 10. The Balaban J connectivity index is 1.82. The van der Waals surface area contributed by atoms with E-state index in [-0.39, 0.29) is 29.4 Å². The van der Waals surface area contributed by atoms with Crippen LogP contribution in [0, 0.1) is 17.0 Å². The number of esters is 1. The number of nitrogens with zero attached hydrogens (tertiary/aromatic N) is 3. The third-order valence-electron chi connectivity index (χ3n) is 4.02. The smallest absolute Gasteiger partial charge is 0.307 e. The number of aryl methyl sites for hydroxylation is 2. The van der Waals surface area contributed by atoms with Gasteiger partial charge in [-0.25, -0.2) is 18.1 Å². The monoisotopic (exact) mass is 455 g/mol. The van der Waals surface area contributed by atoms with Crippen LogP contribution >= 0.6 is 0 Å². The summed E-state index contributed by atoms with van der Waals surface area (Å²) < 4.78 is 37.6. The number of hydrogen-bond donors (Lipinski definition) is 2. The molecule has 1 aromatic heterocycles. The molecule has 2 aromatic rings. The number of carbonyl (C=O) groups excluding carboxylic acids is 2. The molecule has 0 unspecified atom stereocenters. The summed E-state index contributed by atoms with van der Waals surface area (Å²) in [5.41, 5.74) is -0.483. The topological polar surface area (TPSA) is 172 Å². The first-order valence-electron chi connectivity index (χ1n) is 8.81. The molecule has 2 N–H and O–H groups in total. The highest BCUT2D eigenvalue weighted by molar-refractivity contribution is 7.89. The Hall–Kier alpha value is -3.52. The standard InChI is InChI=1S/C17H21N5O8S/c1-11-19-16(9-21(11)2)31(27,28)18-7-6-17(24)30-10-15(23)20-13-5-4-12(29-3)8-14(13)22(25)26/h4-5,8-9,18H,6-7,10H2,1-3H3,(H,20,23). The van der Waals surface area contributed by atoms with Crippen molar-refractivity contribution >= 4 is 33.3 Å². The van der Waals surface area contributed by atoms with Gasteiger partial charge >= 0.3 is 5.97 Å². The van der Waals surface area contributed by atoms with E-state index in [1.165, 1.54) is 30.0 Å². The van der Waals surface area contributed by atoms with Crippen LogP contribution in [0.1, 0.15) is 12.2 Å². The Kier molecular flexibility index (Phi) is 7.66. The molecule has 0 spiro atoms. The molecule has 1 heterocycles. The van der Waals surface area contributed by atoms with E-state index in [4.69, 9.17) is 9.47 Å². The number of nitro groups is 1. The number of amides is 1. The van der Waals surface area contributed by atoms with Gasteiger partial charge in [-0.05, 0) is 19.1 Å². The lowest BCUT2D eigenvalue weighted by Crippen LogP contribution is -2.28. The minimum Gasteiger partial charge on any atom is -0.496 e. The van der Waals surface area contributed by atoms with E-state index < -0.39 is 39.1 Å². The van der Waals surface area contributed by atoms with Gasteiger partial charge in [0.1, 0.15) is 17.3 Å². The van der Waals surface area contributed by atoms with Crippen LogP contribution in [0.5, 0.6) is 5.75 Å². The summed E-state index contributed by atoms with van der Waals surface area (Å²) in [4.78, 5) is 38.0. The molecule has 2 rings (SSSR count). The third-order valence-corrected chi connectivity index (χ3v) is 5.35. The van der Waals surface area contributed by atoms with E-state index in [1.54, 1.807) is 14.0 Å². The maximum absolute atomic E-state index is 12.1. The zero-order valence-corrected chi connectivity index (χ0v) is 17.8. The fourth-order valence-corrected chi connectivity index (χ4v) is 3.38. The summed E-state index contributed by atoms with van der Waals surface area (Å²) >= 11 is 0. The molecular formula is C17H21N5O8S. The first-order valence-corrected chi connectivity index (χ1v) is 10.3. The van der Waals surface area contributed by atoms with Crippen molar-refractivity contribution in [1.82, 2.24) is 14.3 Å². The number of hydrogen-bond acceptors (Lipinski definition) is 9. The van der Waals surface area contributed by atoms with Crippen molar-refractivity contribution in [2.45, 2.75) is 18.4 Å². The van der Waals surface area contributed by atoms with Gasteiger partial charge in [0, 0.05) is 19.8 Å². The van der Waals surface area contributed by atoms with Crippen LogP contribution < -0.4 is 14.8 Å². The van der Waals surface area contributed by atoms with Crippen molar-refractivity contribution in [2.75, 3.05) is 25.6 Å². The molecule has 1 aromatic carbocycles. The minimum absolute atomic E-state index is 0.0923. The van der Waals surface area contributed by atoms with Gasteiger partial charge in [-0.15, -0.1) is 0 Å². The molecule has 0 aliphatic heterocycles. The Bertz CT molecular complexity index is 1080. The predicted octanol–water partition coefficient (Wildman–Crippen LogP) is 0.496. The van der Waals surface area contributed by atoms with Crippen molar-refractivity contribution in [3.8, 4) is 5.75 Å². The number of imidazole rings is 1. The van der Waals surface area contributed by atoms with Crippen molar-refractivity contribution in [3.63, 3.8) is 0 Å². The minimum atomic E-state index is -3.89. The van der Waals surface area contributed by atoms with E-state index in [1.807, 2.05) is 0 Å². The largest absolute Gasteiger partial charge is 0.496 e. The SMILES string of the molecule is COc1ccc(NC(=O)COC(=O)CCNS(=O)(=O)c2cn(C)c(C)n2)c([N+](=O)[O-])c1. The Morgan fingerprint density at radius 3 is 2.61 bits per heavy atom. The van der Waals surface area contributed by atoms with Crippen LogP contribution in [0.25, 0.3) is 0 Å². The van der Waals surface area contributed by atoms with E-state index in [0.29, 0.717) is 5.82 Å². The summed E-state index contributed by atoms with van der Waals surface area (Å²) in [6.45, 7) is 0.679. The molecule has 0 aliphatic carbocycles. The van der Waals surface area contributed by atoms with E-state index >= 15 is 0 Å². The van der Waals surface area contributed by atoms with Crippen molar-refractivity contribution in [3.05, 3.63) is 40.3 Å². The van der Waals surface area contributed by atoms with E-state index in [2.05, 4.69) is 15.0 Å². The highest BCUT2D eigenvalue weighted by Gasteiger charge is 2.20. The third kappa shape index (κ3) is 6.48. The summed E-state index contributed by atoms with van der Waals surface area (Å²) in [6.07, 6.45) is 1.000. The Labute approximate surface area is 177 Å².